The van der Waals surface area contributed by atoms with Gasteiger partial charge in [-0.25, -0.2) is 4.79 Å². The van der Waals surface area contributed by atoms with Gasteiger partial charge < -0.3 is 20.1 Å². The van der Waals surface area contributed by atoms with Crippen molar-refractivity contribution in [2.45, 2.75) is 12.2 Å². The average molecular weight is 247 g/mol. The first-order valence-electron chi connectivity index (χ1n) is 4.40. The van der Waals surface area contributed by atoms with E-state index in [4.69, 9.17) is 21.4 Å². The molecule has 0 saturated heterocycles. The molecule has 0 saturated carbocycles. The number of para-hydroxylation sites is 1. The predicted molar refractivity (Wildman–Crippen MR) is 56.6 cm³/mol. The molecule has 0 spiro atoms. The van der Waals surface area contributed by atoms with Crippen molar-refractivity contribution in [3.63, 3.8) is 0 Å². The van der Waals surface area contributed by atoms with E-state index in [-0.39, 0.29) is 16.3 Å². The molecule has 0 heterocycles. The molecule has 0 aliphatic rings. The van der Waals surface area contributed by atoms with Crippen molar-refractivity contribution in [1.29, 1.82) is 0 Å². The molecule has 2 atom stereocenters. The summed E-state index contributed by atoms with van der Waals surface area (Å²) in [7, 11) is 1.34. The van der Waals surface area contributed by atoms with Gasteiger partial charge in [0.1, 0.15) is 11.9 Å². The summed E-state index contributed by atoms with van der Waals surface area (Å²) >= 11 is 5.79. The maximum absolute atomic E-state index is 10.5. The third-order valence-electron chi connectivity index (χ3n) is 2.07. The number of carbonyl (C=O) groups is 1. The zero-order valence-electron chi connectivity index (χ0n) is 8.42. The highest BCUT2D eigenvalue weighted by molar-refractivity contribution is 6.32. The summed E-state index contributed by atoms with van der Waals surface area (Å²) in [4.78, 5) is 10.5. The van der Waals surface area contributed by atoms with Crippen LogP contribution in [0.5, 0.6) is 5.75 Å². The van der Waals surface area contributed by atoms with E-state index in [9.17, 15) is 15.0 Å². The summed E-state index contributed by atoms with van der Waals surface area (Å²) in [6.45, 7) is 0. The Balaban J connectivity index is 3.12. The number of carboxylic acid groups (broad SMARTS) is 1. The molecule has 0 aliphatic carbocycles. The van der Waals surface area contributed by atoms with Crippen LogP contribution >= 0.6 is 11.6 Å². The number of hydrogen-bond acceptors (Lipinski definition) is 4. The molecule has 0 amide bonds. The Bertz CT molecular complexity index is 393. The molecule has 0 bridgehead atoms. The van der Waals surface area contributed by atoms with Crippen LogP contribution in [0.25, 0.3) is 0 Å². The standard InChI is InChI=1S/C10H11ClO5/c1-16-9-5(3-2-4-6(9)11)7(12)8(13)10(14)15/h2-4,7-8,12-13H,1H3,(H,14,15). The highest BCUT2D eigenvalue weighted by Crippen LogP contribution is 2.33. The fraction of sp³-hybridized carbons (Fsp3) is 0.300. The zero-order valence-corrected chi connectivity index (χ0v) is 9.18. The van der Waals surface area contributed by atoms with E-state index in [0.717, 1.165) is 0 Å². The first-order chi connectivity index (χ1) is 7.49. The SMILES string of the molecule is COc1c(Cl)cccc1C(O)C(O)C(=O)O. The van der Waals surface area contributed by atoms with E-state index < -0.39 is 18.2 Å². The van der Waals surface area contributed by atoms with Gasteiger partial charge in [0.15, 0.2) is 6.10 Å². The van der Waals surface area contributed by atoms with Crippen LogP contribution in [0.15, 0.2) is 18.2 Å². The van der Waals surface area contributed by atoms with Crippen molar-refractivity contribution in [2.24, 2.45) is 0 Å². The number of aliphatic hydroxyl groups excluding tert-OH is 2. The molecule has 1 aromatic carbocycles. The van der Waals surface area contributed by atoms with Crippen LogP contribution in [0.3, 0.4) is 0 Å². The van der Waals surface area contributed by atoms with Crippen molar-refractivity contribution in [2.75, 3.05) is 7.11 Å². The van der Waals surface area contributed by atoms with Crippen molar-refractivity contribution < 1.29 is 24.9 Å². The molecule has 2 unspecified atom stereocenters. The van der Waals surface area contributed by atoms with Crippen LogP contribution in [0.2, 0.25) is 5.02 Å². The molecule has 16 heavy (non-hydrogen) atoms. The van der Waals surface area contributed by atoms with Crippen LogP contribution in [0.4, 0.5) is 0 Å². The Morgan fingerprint density at radius 1 is 1.44 bits per heavy atom. The third-order valence-corrected chi connectivity index (χ3v) is 2.37. The Morgan fingerprint density at radius 2 is 2.06 bits per heavy atom. The van der Waals surface area contributed by atoms with Crippen LogP contribution < -0.4 is 4.74 Å². The molecule has 0 aromatic heterocycles. The summed E-state index contributed by atoms with van der Waals surface area (Å²) in [6.07, 6.45) is -3.52. The van der Waals surface area contributed by atoms with Gasteiger partial charge in [0.25, 0.3) is 0 Å². The second-order valence-corrected chi connectivity index (χ2v) is 3.50. The van der Waals surface area contributed by atoms with Gasteiger partial charge in [-0.2, -0.15) is 0 Å². The third kappa shape index (κ3) is 2.44. The van der Waals surface area contributed by atoms with Gasteiger partial charge in [-0.15, -0.1) is 0 Å². The van der Waals surface area contributed by atoms with Gasteiger partial charge in [-0.3, -0.25) is 0 Å². The topological polar surface area (TPSA) is 87.0 Å². The monoisotopic (exact) mass is 246 g/mol. The maximum atomic E-state index is 10.5. The van der Waals surface area contributed by atoms with E-state index in [1.54, 1.807) is 0 Å². The highest BCUT2D eigenvalue weighted by Gasteiger charge is 2.28. The lowest BCUT2D eigenvalue weighted by atomic mass is 10.0. The molecule has 3 N–H and O–H groups in total. The van der Waals surface area contributed by atoms with Crippen LogP contribution in [-0.2, 0) is 4.79 Å². The highest BCUT2D eigenvalue weighted by atomic mass is 35.5. The van der Waals surface area contributed by atoms with Gasteiger partial charge in [0.2, 0.25) is 0 Å². The number of halogens is 1. The molecule has 1 rings (SSSR count). The summed E-state index contributed by atoms with van der Waals surface area (Å²) < 4.78 is 4.93. The van der Waals surface area contributed by atoms with Crippen LogP contribution in [0.1, 0.15) is 11.7 Å². The zero-order chi connectivity index (χ0) is 12.3. The first kappa shape index (κ1) is 12.8. The second kappa shape index (κ2) is 5.16. The number of aliphatic hydroxyl groups is 2. The maximum Gasteiger partial charge on any atom is 0.335 e. The Labute approximate surface area is 96.9 Å². The number of methoxy groups -OCH3 is 1. The largest absolute Gasteiger partial charge is 0.495 e. The minimum absolute atomic E-state index is 0.130. The first-order valence-corrected chi connectivity index (χ1v) is 4.78. The fourth-order valence-electron chi connectivity index (χ4n) is 1.28. The fourth-order valence-corrected chi connectivity index (χ4v) is 1.54. The van der Waals surface area contributed by atoms with E-state index in [1.165, 1.54) is 25.3 Å². The Morgan fingerprint density at radius 3 is 2.56 bits per heavy atom. The molecule has 5 nitrogen and oxygen atoms in total. The van der Waals surface area contributed by atoms with Gasteiger partial charge in [0, 0.05) is 5.56 Å². The lowest BCUT2D eigenvalue weighted by Crippen LogP contribution is -2.27. The number of hydrogen-bond donors (Lipinski definition) is 3. The molecule has 0 aliphatic heterocycles. The van der Waals surface area contributed by atoms with E-state index in [1.807, 2.05) is 0 Å². The number of aliphatic carboxylic acids is 1. The molecule has 1 aromatic rings. The van der Waals surface area contributed by atoms with E-state index in [2.05, 4.69) is 0 Å². The summed E-state index contributed by atoms with van der Waals surface area (Å²) in [6, 6.07) is 4.49. The van der Waals surface area contributed by atoms with Gasteiger partial charge in [0.05, 0.1) is 12.1 Å². The molecule has 6 heteroatoms. The van der Waals surface area contributed by atoms with Crippen molar-refractivity contribution >= 4 is 17.6 Å². The smallest absolute Gasteiger partial charge is 0.335 e. The van der Waals surface area contributed by atoms with Crippen molar-refractivity contribution in [1.82, 2.24) is 0 Å². The normalized spacial score (nSPS) is 14.2. The predicted octanol–water partition coefficient (Wildman–Crippen LogP) is 0.827. The Hall–Kier alpha value is -1.30. The molecular formula is C10H11ClO5. The van der Waals surface area contributed by atoms with Gasteiger partial charge in [-0.1, -0.05) is 23.7 Å². The quantitative estimate of drug-likeness (QED) is 0.732. The number of ether oxygens (including phenoxy) is 1. The average Bonchev–Trinajstić information content (AvgIpc) is 2.26. The second-order valence-electron chi connectivity index (χ2n) is 3.09. The molecule has 88 valence electrons. The minimum Gasteiger partial charge on any atom is -0.495 e. The van der Waals surface area contributed by atoms with Gasteiger partial charge in [-0.05, 0) is 6.07 Å². The molecular weight excluding hydrogens is 236 g/mol. The lowest BCUT2D eigenvalue weighted by Gasteiger charge is -2.17. The van der Waals surface area contributed by atoms with E-state index in [0.29, 0.717) is 0 Å². The summed E-state index contributed by atoms with van der Waals surface area (Å²) in [5, 5.41) is 27.6. The van der Waals surface area contributed by atoms with Gasteiger partial charge >= 0.3 is 5.97 Å². The lowest BCUT2D eigenvalue weighted by molar-refractivity contribution is -0.153. The van der Waals surface area contributed by atoms with E-state index >= 15 is 0 Å². The van der Waals surface area contributed by atoms with Crippen LogP contribution in [0, 0.1) is 0 Å². The Kier molecular flexibility index (Phi) is 4.12. The summed E-state index contributed by atoms with van der Waals surface area (Å²) in [5.74, 6) is -1.37. The minimum atomic E-state index is -1.92. The number of benzene rings is 1. The number of carboxylic acids is 1. The molecule has 0 fully saturated rings. The van der Waals surface area contributed by atoms with Crippen molar-refractivity contribution in [3.05, 3.63) is 28.8 Å². The van der Waals surface area contributed by atoms with Crippen molar-refractivity contribution in [3.8, 4) is 5.75 Å². The summed E-state index contributed by atoms with van der Waals surface area (Å²) in [5.41, 5.74) is 0.130. The van der Waals surface area contributed by atoms with Crippen LogP contribution in [-0.4, -0.2) is 34.5 Å². The number of rotatable bonds is 4. The molecule has 0 radical (unpaired) electrons.